The van der Waals surface area contributed by atoms with Gasteiger partial charge in [-0.3, -0.25) is 0 Å². The van der Waals surface area contributed by atoms with Gasteiger partial charge in [0.2, 0.25) is 0 Å². The normalized spacial score (nSPS) is 17.2. The third-order valence-corrected chi connectivity index (χ3v) is 4.43. The summed E-state index contributed by atoms with van der Waals surface area (Å²) in [6, 6.07) is 2.25. The van der Waals surface area contributed by atoms with Crippen LogP contribution < -0.4 is 4.90 Å². The number of aryl methyl sites for hydroxylation is 2. The van der Waals surface area contributed by atoms with E-state index in [4.69, 9.17) is 4.74 Å². The van der Waals surface area contributed by atoms with E-state index in [1.807, 2.05) is 0 Å². The molecular weight excluding hydrogens is 238 g/mol. The molecule has 1 heterocycles. The van der Waals surface area contributed by atoms with E-state index in [2.05, 4.69) is 45.7 Å². The van der Waals surface area contributed by atoms with Crippen LogP contribution in [0.5, 0.6) is 0 Å². The Morgan fingerprint density at radius 2 is 1.68 bits per heavy atom. The molecule has 1 aromatic rings. The summed E-state index contributed by atoms with van der Waals surface area (Å²) in [5.41, 5.74) is 6.54. The lowest BCUT2D eigenvalue weighted by Crippen LogP contribution is -2.52. The molecule has 1 aromatic carbocycles. The Morgan fingerprint density at radius 3 is 2.05 bits per heavy atom. The zero-order chi connectivity index (χ0) is 14.2. The maximum atomic E-state index is 9.57. The highest BCUT2D eigenvalue weighted by Crippen LogP contribution is 2.34. The molecule has 3 heteroatoms. The molecule has 0 aromatic heterocycles. The largest absolute Gasteiger partial charge is 0.396 e. The Labute approximate surface area is 116 Å². The minimum absolute atomic E-state index is 0.0781. The summed E-state index contributed by atoms with van der Waals surface area (Å²) < 4.78 is 5.29. The number of rotatable bonds is 4. The summed E-state index contributed by atoms with van der Waals surface area (Å²) in [4.78, 5) is 2.28. The van der Waals surface area contributed by atoms with Gasteiger partial charge in [0.1, 0.15) is 0 Å². The first-order valence-corrected chi connectivity index (χ1v) is 6.87. The molecule has 0 amide bonds. The molecule has 1 N–H and O–H groups in total. The Kier molecular flexibility index (Phi) is 3.88. The van der Waals surface area contributed by atoms with E-state index in [0.29, 0.717) is 13.2 Å². The van der Waals surface area contributed by atoms with Crippen LogP contribution in [0.1, 0.15) is 22.3 Å². The second kappa shape index (κ2) is 5.14. The smallest absolute Gasteiger partial charge is 0.0584 e. The fraction of sp³-hybridized carbons (Fsp3) is 0.625. The fourth-order valence-corrected chi connectivity index (χ4v) is 2.97. The summed E-state index contributed by atoms with van der Waals surface area (Å²) in [6.45, 7) is 11.0. The standard InChI is InChI=1S/C16H25NO2/c1-11-6-12(2)14(4)15(13(11)3)17(5)7-16(8-18)9-19-10-16/h6,18H,7-10H2,1-5H3. The minimum atomic E-state index is -0.0781. The van der Waals surface area contributed by atoms with Crippen molar-refractivity contribution in [1.82, 2.24) is 0 Å². The number of benzene rings is 1. The molecule has 2 rings (SSSR count). The van der Waals surface area contributed by atoms with Crippen molar-refractivity contribution in [2.75, 3.05) is 38.3 Å². The highest BCUT2D eigenvalue weighted by molar-refractivity contribution is 5.63. The monoisotopic (exact) mass is 263 g/mol. The maximum Gasteiger partial charge on any atom is 0.0584 e. The van der Waals surface area contributed by atoms with Gasteiger partial charge in [0.15, 0.2) is 0 Å². The molecule has 0 saturated carbocycles. The van der Waals surface area contributed by atoms with Crippen LogP contribution in [0.4, 0.5) is 5.69 Å². The van der Waals surface area contributed by atoms with Gasteiger partial charge in [0.05, 0.1) is 25.2 Å². The maximum absolute atomic E-state index is 9.57. The molecule has 0 aliphatic carbocycles. The molecule has 1 fully saturated rings. The Balaban J connectivity index is 2.31. The van der Waals surface area contributed by atoms with Gasteiger partial charge in [-0.2, -0.15) is 0 Å². The third kappa shape index (κ3) is 2.49. The van der Waals surface area contributed by atoms with Gasteiger partial charge in [0.25, 0.3) is 0 Å². The van der Waals surface area contributed by atoms with Crippen LogP contribution in [-0.4, -0.2) is 38.5 Å². The molecule has 3 nitrogen and oxygen atoms in total. The van der Waals surface area contributed by atoms with E-state index in [0.717, 1.165) is 6.54 Å². The van der Waals surface area contributed by atoms with Crippen molar-refractivity contribution >= 4 is 5.69 Å². The molecule has 1 saturated heterocycles. The number of hydrogen-bond acceptors (Lipinski definition) is 3. The Morgan fingerprint density at radius 1 is 1.16 bits per heavy atom. The predicted molar refractivity (Wildman–Crippen MR) is 79.0 cm³/mol. The molecule has 0 spiro atoms. The van der Waals surface area contributed by atoms with Gasteiger partial charge in [-0.15, -0.1) is 0 Å². The van der Waals surface area contributed by atoms with E-state index in [9.17, 15) is 5.11 Å². The van der Waals surface area contributed by atoms with Crippen molar-refractivity contribution in [3.8, 4) is 0 Å². The molecule has 1 aliphatic rings. The molecule has 0 unspecified atom stereocenters. The third-order valence-electron chi connectivity index (χ3n) is 4.43. The van der Waals surface area contributed by atoms with E-state index < -0.39 is 0 Å². The quantitative estimate of drug-likeness (QED) is 0.905. The Hall–Kier alpha value is -1.06. The number of ether oxygens (including phenoxy) is 1. The molecule has 1 aliphatic heterocycles. The zero-order valence-electron chi connectivity index (χ0n) is 12.7. The molecule has 19 heavy (non-hydrogen) atoms. The van der Waals surface area contributed by atoms with Crippen LogP contribution in [0.25, 0.3) is 0 Å². The summed E-state index contributed by atoms with van der Waals surface area (Å²) in [6.07, 6.45) is 0. The second-order valence-electron chi connectivity index (χ2n) is 6.12. The average molecular weight is 263 g/mol. The van der Waals surface area contributed by atoms with Gasteiger partial charge in [-0.05, 0) is 49.9 Å². The van der Waals surface area contributed by atoms with E-state index >= 15 is 0 Å². The predicted octanol–water partition coefficient (Wildman–Crippen LogP) is 2.37. The van der Waals surface area contributed by atoms with Gasteiger partial charge < -0.3 is 14.7 Å². The number of nitrogens with zero attached hydrogens (tertiary/aromatic N) is 1. The molecule has 0 bridgehead atoms. The minimum Gasteiger partial charge on any atom is -0.396 e. The van der Waals surface area contributed by atoms with Gasteiger partial charge >= 0.3 is 0 Å². The second-order valence-corrected chi connectivity index (χ2v) is 6.12. The number of hydrogen-bond donors (Lipinski definition) is 1. The Bertz CT molecular complexity index is 446. The van der Waals surface area contributed by atoms with Gasteiger partial charge in [-0.25, -0.2) is 0 Å². The molecule has 0 radical (unpaired) electrons. The van der Waals surface area contributed by atoms with Crippen LogP contribution in [0.3, 0.4) is 0 Å². The summed E-state index contributed by atoms with van der Waals surface area (Å²) >= 11 is 0. The summed E-state index contributed by atoms with van der Waals surface area (Å²) in [7, 11) is 2.12. The number of anilines is 1. The van der Waals surface area contributed by atoms with Crippen LogP contribution in [0.2, 0.25) is 0 Å². The lowest BCUT2D eigenvalue weighted by molar-refractivity contribution is -0.130. The van der Waals surface area contributed by atoms with Crippen molar-refractivity contribution < 1.29 is 9.84 Å². The molecule has 0 atom stereocenters. The van der Waals surface area contributed by atoms with Gasteiger partial charge in [-0.1, -0.05) is 6.07 Å². The fourth-order valence-electron chi connectivity index (χ4n) is 2.97. The zero-order valence-corrected chi connectivity index (χ0v) is 12.7. The van der Waals surface area contributed by atoms with E-state index in [1.165, 1.54) is 27.9 Å². The topological polar surface area (TPSA) is 32.7 Å². The van der Waals surface area contributed by atoms with E-state index in [1.54, 1.807) is 0 Å². The lowest BCUT2D eigenvalue weighted by atomic mass is 9.86. The number of aliphatic hydroxyl groups is 1. The van der Waals surface area contributed by atoms with Crippen molar-refractivity contribution in [1.29, 1.82) is 0 Å². The van der Waals surface area contributed by atoms with Crippen molar-refractivity contribution in [2.24, 2.45) is 5.41 Å². The number of aliphatic hydroxyl groups excluding tert-OH is 1. The highest BCUT2D eigenvalue weighted by atomic mass is 16.5. The highest BCUT2D eigenvalue weighted by Gasteiger charge is 2.39. The molecule has 106 valence electrons. The first-order chi connectivity index (χ1) is 8.90. The van der Waals surface area contributed by atoms with Crippen LogP contribution in [0, 0.1) is 33.1 Å². The SMILES string of the molecule is Cc1cc(C)c(C)c(N(C)CC2(CO)COC2)c1C. The van der Waals surface area contributed by atoms with Crippen molar-refractivity contribution in [3.63, 3.8) is 0 Å². The van der Waals surface area contributed by atoms with Crippen LogP contribution in [0.15, 0.2) is 6.07 Å². The van der Waals surface area contributed by atoms with E-state index in [-0.39, 0.29) is 12.0 Å². The first kappa shape index (κ1) is 14.4. The lowest BCUT2D eigenvalue weighted by Gasteiger charge is -2.43. The average Bonchev–Trinajstić information content (AvgIpc) is 2.32. The van der Waals surface area contributed by atoms with Crippen molar-refractivity contribution in [2.45, 2.75) is 27.7 Å². The summed E-state index contributed by atoms with van der Waals surface area (Å²) in [5, 5.41) is 9.57. The first-order valence-electron chi connectivity index (χ1n) is 6.87. The van der Waals surface area contributed by atoms with Crippen LogP contribution >= 0.6 is 0 Å². The molecular formula is C16H25NO2. The van der Waals surface area contributed by atoms with Crippen LogP contribution in [-0.2, 0) is 4.74 Å². The summed E-state index contributed by atoms with van der Waals surface area (Å²) in [5.74, 6) is 0. The van der Waals surface area contributed by atoms with Crippen molar-refractivity contribution in [3.05, 3.63) is 28.3 Å². The van der Waals surface area contributed by atoms with Gasteiger partial charge in [0, 0.05) is 19.3 Å².